The van der Waals surface area contributed by atoms with Gasteiger partial charge in [0.05, 0.1) is 18.9 Å². The van der Waals surface area contributed by atoms with Crippen LogP contribution < -0.4 is 19.6 Å². The van der Waals surface area contributed by atoms with E-state index in [2.05, 4.69) is 0 Å². The van der Waals surface area contributed by atoms with Crippen molar-refractivity contribution >= 4 is 16.9 Å². The number of esters is 1. The summed E-state index contributed by atoms with van der Waals surface area (Å²) >= 11 is 0. The average molecular weight is 470 g/mol. The SMILES string of the molecule is COc1cccc(Oc2c(C(F)(F)F)oc3cc(OC(=O)Cc4ccccc4)ccc3c2=O)c1. The standard InChI is InChI=1S/C25H17F3O6/c1-31-16-8-5-9-17(13-16)33-23-22(30)19-11-10-18(14-20(19)34-24(23)25(26,27)28)32-21(29)12-15-6-3-2-4-7-15/h2-11,13-14H,12H2,1H3. The molecule has 34 heavy (non-hydrogen) atoms. The van der Waals surface area contributed by atoms with E-state index in [1.165, 1.54) is 37.4 Å². The average Bonchev–Trinajstić information content (AvgIpc) is 2.80. The molecule has 4 aromatic rings. The first-order chi connectivity index (χ1) is 16.2. The molecular formula is C25H17F3O6. The Bertz CT molecular complexity index is 1390. The predicted molar refractivity (Wildman–Crippen MR) is 116 cm³/mol. The van der Waals surface area contributed by atoms with Crippen LogP contribution in [0.5, 0.6) is 23.0 Å². The van der Waals surface area contributed by atoms with Crippen LogP contribution in [0.4, 0.5) is 13.2 Å². The smallest absolute Gasteiger partial charge is 0.453 e. The number of ether oxygens (including phenoxy) is 3. The third-order valence-electron chi connectivity index (χ3n) is 4.76. The van der Waals surface area contributed by atoms with E-state index in [-0.39, 0.29) is 23.3 Å². The maximum atomic E-state index is 13.7. The van der Waals surface area contributed by atoms with Gasteiger partial charge >= 0.3 is 12.1 Å². The van der Waals surface area contributed by atoms with Gasteiger partial charge in [-0.2, -0.15) is 13.2 Å². The molecule has 4 rings (SSSR count). The largest absolute Gasteiger partial charge is 0.497 e. The number of methoxy groups -OCH3 is 1. The fourth-order valence-corrected chi connectivity index (χ4v) is 3.21. The molecule has 0 N–H and O–H groups in total. The number of carbonyl (C=O) groups is 1. The van der Waals surface area contributed by atoms with Crippen molar-refractivity contribution in [2.24, 2.45) is 0 Å². The van der Waals surface area contributed by atoms with Crippen molar-refractivity contribution in [3.63, 3.8) is 0 Å². The second-order valence-corrected chi connectivity index (χ2v) is 7.16. The minimum atomic E-state index is -5.03. The maximum Gasteiger partial charge on any atom is 0.453 e. The normalized spacial score (nSPS) is 11.3. The van der Waals surface area contributed by atoms with Gasteiger partial charge in [-0.05, 0) is 29.8 Å². The zero-order valence-electron chi connectivity index (χ0n) is 17.7. The van der Waals surface area contributed by atoms with Gasteiger partial charge in [0.25, 0.3) is 5.76 Å². The van der Waals surface area contributed by atoms with Crippen LogP contribution in [0.1, 0.15) is 11.3 Å². The van der Waals surface area contributed by atoms with E-state index >= 15 is 0 Å². The molecular weight excluding hydrogens is 453 g/mol. The molecule has 0 amide bonds. The van der Waals surface area contributed by atoms with Crippen molar-refractivity contribution in [3.05, 3.63) is 94.3 Å². The summed E-state index contributed by atoms with van der Waals surface area (Å²) in [5, 5.41) is -0.172. The first kappa shape index (κ1) is 22.9. The van der Waals surface area contributed by atoms with E-state index in [1.807, 2.05) is 0 Å². The highest BCUT2D eigenvalue weighted by Crippen LogP contribution is 2.39. The zero-order valence-corrected chi connectivity index (χ0v) is 17.7. The molecule has 0 saturated heterocycles. The Morgan fingerprint density at radius 2 is 1.65 bits per heavy atom. The molecule has 0 saturated carbocycles. The van der Waals surface area contributed by atoms with Gasteiger partial charge in [-0.3, -0.25) is 9.59 Å². The fraction of sp³-hybridized carbons (Fsp3) is 0.120. The van der Waals surface area contributed by atoms with Gasteiger partial charge in [0.15, 0.2) is 0 Å². The Labute approximate surface area is 191 Å². The summed E-state index contributed by atoms with van der Waals surface area (Å²) in [6, 6.07) is 18.1. The lowest BCUT2D eigenvalue weighted by Gasteiger charge is -2.14. The number of benzene rings is 3. The van der Waals surface area contributed by atoms with Crippen molar-refractivity contribution in [3.8, 4) is 23.0 Å². The van der Waals surface area contributed by atoms with Crippen LogP contribution in [0, 0.1) is 0 Å². The quantitative estimate of drug-likeness (QED) is 0.264. The Morgan fingerprint density at radius 1 is 0.912 bits per heavy atom. The van der Waals surface area contributed by atoms with E-state index in [9.17, 15) is 22.8 Å². The highest BCUT2D eigenvalue weighted by molar-refractivity contribution is 5.82. The van der Waals surface area contributed by atoms with Gasteiger partial charge in [-0.25, -0.2) is 0 Å². The van der Waals surface area contributed by atoms with E-state index in [1.54, 1.807) is 36.4 Å². The Hall–Kier alpha value is -4.27. The molecule has 3 aromatic carbocycles. The monoisotopic (exact) mass is 470 g/mol. The van der Waals surface area contributed by atoms with Gasteiger partial charge in [0, 0.05) is 12.1 Å². The van der Waals surface area contributed by atoms with Crippen LogP contribution in [0.15, 0.2) is 82.0 Å². The maximum absolute atomic E-state index is 13.7. The van der Waals surface area contributed by atoms with Crippen LogP contribution in [0.2, 0.25) is 0 Å². The van der Waals surface area contributed by atoms with Crippen LogP contribution in [0.25, 0.3) is 11.0 Å². The summed E-state index contributed by atoms with van der Waals surface area (Å²) in [6.45, 7) is 0. The van der Waals surface area contributed by atoms with E-state index < -0.39 is 34.7 Å². The molecule has 174 valence electrons. The summed E-state index contributed by atoms with van der Waals surface area (Å²) in [5.41, 5.74) is -0.725. The summed E-state index contributed by atoms with van der Waals surface area (Å²) < 4.78 is 61.8. The zero-order chi connectivity index (χ0) is 24.3. The van der Waals surface area contributed by atoms with Gasteiger partial charge in [-0.1, -0.05) is 36.4 Å². The van der Waals surface area contributed by atoms with Gasteiger partial charge in [0.2, 0.25) is 11.2 Å². The van der Waals surface area contributed by atoms with Crippen molar-refractivity contribution in [1.82, 2.24) is 0 Å². The topological polar surface area (TPSA) is 75.0 Å². The van der Waals surface area contributed by atoms with Crippen LogP contribution in [0.3, 0.4) is 0 Å². The second kappa shape index (κ2) is 9.30. The Morgan fingerprint density at radius 3 is 2.35 bits per heavy atom. The molecule has 1 aromatic heterocycles. The molecule has 0 fully saturated rings. The molecule has 0 atom stereocenters. The summed E-state index contributed by atoms with van der Waals surface area (Å²) in [4.78, 5) is 25.1. The van der Waals surface area contributed by atoms with Crippen molar-refractivity contribution in [1.29, 1.82) is 0 Å². The van der Waals surface area contributed by atoms with Crippen LogP contribution in [-0.2, 0) is 17.4 Å². The number of fused-ring (bicyclic) bond motifs is 1. The first-order valence-electron chi connectivity index (χ1n) is 9.99. The molecule has 0 aliphatic rings. The lowest BCUT2D eigenvalue weighted by Crippen LogP contribution is -2.16. The van der Waals surface area contributed by atoms with Crippen molar-refractivity contribution in [2.45, 2.75) is 12.6 Å². The predicted octanol–water partition coefficient (Wildman–Crippen LogP) is 5.76. The fourth-order valence-electron chi connectivity index (χ4n) is 3.21. The van der Waals surface area contributed by atoms with Crippen LogP contribution in [-0.4, -0.2) is 13.1 Å². The second-order valence-electron chi connectivity index (χ2n) is 7.16. The number of alkyl halides is 3. The molecule has 6 nitrogen and oxygen atoms in total. The Balaban J connectivity index is 1.70. The van der Waals surface area contributed by atoms with Crippen molar-refractivity contribution < 1.29 is 36.6 Å². The summed E-state index contributed by atoms with van der Waals surface area (Å²) in [6.07, 6.45) is -5.06. The molecule has 1 heterocycles. The number of carbonyl (C=O) groups excluding carboxylic acids is 1. The highest BCUT2D eigenvalue weighted by Gasteiger charge is 2.40. The molecule has 0 aliphatic carbocycles. The Kier molecular flexibility index (Phi) is 6.27. The van der Waals surface area contributed by atoms with Gasteiger partial charge in [-0.15, -0.1) is 0 Å². The molecule has 0 aliphatic heterocycles. The third-order valence-corrected chi connectivity index (χ3v) is 4.76. The lowest BCUT2D eigenvalue weighted by atomic mass is 10.1. The molecule has 0 unspecified atom stereocenters. The number of halogens is 3. The van der Waals surface area contributed by atoms with Gasteiger partial charge < -0.3 is 18.6 Å². The summed E-state index contributed by atoms with van der Waals surface area (Å²) in [5.74, 6) is -3.02. The van der Waals surface area contributed by atoms with Crippen molar-refractivity contribution in [2.75, 3.05) is 7.11 Å². The third kappa shape index (κ3) is 5.03. The molecule has 0 bridgehead atoms. The first-order valence-corrected chi connectivity index (χ1v) is 9.99. The highest BCUT2D eigenvalue weighted by atomic mass is 19.4. The molecule has 0 spiro atoms. The number of hydrogen-bond acceptors (Lipinski definition) is 6. The molecule has 0 radical (unpaired) electrons. The lowest BCUT2D eigenvalue weighted by molar-refractivity contribution is -0.154. The van der Waals surface area contributed by atoms with E-state index in [0.29, 0.717) is 11.3 Å². The van der Waals surface area contributed by atoms with Crippen LogP contribution >= 0.6 is 0 Å². The van der Waals surface area contributed by atoms with Gasteiger partial charge in [0.1, 0.15) is 22.8 Å². The number of rotatable bonds is 6. The number of hydrogen-bond donors (Lipinski definition) is 0. The van der Waals surface area contributed by atoms with E-state index in [4.69, 9.17) is 18.6 Å². The minimum Gasteiger partial charge on any atom is -0.497 e. The van der Waals surface area contributed by atoms with E-state index in [0.717, 1.165) is 6.07 Å². The minimum absolute atomic E-state index is 0.0378. The summed E-state index contributed by atoms with van der Waals surface area (Å²) in [7, 11) is 1.38. The molecule has 9 heteroatoms.